The van der Waals surface area contributed by atoms with Crippen LogP contribution in [-0.2, 0) is 4.79 Å². The van der Waals surface area contributed by atoms with Gasteiger partial charge in [0.2, 0.25) is 5.91 Å². The molecule has 0 saturated carbocycles. The summed E-state index contributed by atoms with van der Waals surface area (Å²) >= 11 is 0. The molecule has 98 valence electrons. The van der Waals surface area contributed by atoms with Crippen LogP contribution >= 0.6 is 0 Å². The first-order valence-electron chi connectivity index (χ1n) is 6.80. The van der Waals surface area contributed by atoms with Crippen molar-refractivity contribution >= 4 is 5.91 Å². The third-order valence-electron chi connectivity index (χ3n) is 3.89. The molecular weight excluding hydrogens is 216 g/mol. The van der Waals surface area contributed by atoms with Gasteiger partial charge in [-0.25, -0.2) is 0 Å². The third-order valence-corrected chi connectivity index (χ3v) is 3.89. The summed E-state index contributed by atoms with van der Waals surface area (Å²) in [6, 6.07) is 1.04. The number of nitrogens with zero attached hydrogens (tertiary/aromatic N) is 1. The number of carbonyl (C=O) groups excluding carboxylic acids is 1. The second-order valence-electron chi connectivity index (χ2n) is 5.67. The van der Waals surface area contributed by atoms with Crippen molar-refractivity contribution in [2.45, 2.75) is 70.2 Å². The number of carbonyl (C=O) groups is 1. The van der Waals surface area contributed by atoms with E-state index < -0.39 is 0 Å². The molecule has 2 saturated heterocycles. The smallest absolute Gasteiger partial charge is 0.224 e. The summed E-state index contributed by atoms with van der Waals surface area (Å²) in [5.41, 5.74) is 0. The van der Waals surface area contributed by atoms with Gasteiger partial charge < -0.3 is 15.3 Å². The lowest BCUT2D eigenvalue weighted by Crippen LogP contribution is -2.48. The van der Waals surface area contributed by atoms with Crippen LogP contribution in [0.25, 0.3) is 0 Å². The Hall–Kier alpha value is -0.610. The zero-order valence-electron chi connectivity index (χ0n) is 10.9. The van der Waals surface area contributed by atoms with Crippen LogP contribution in [0.2, 0.25) is 0 Å². The van der Waals surface area contributed by atoms with Crippen LogP contribution in [0.1, 0.15) is 46.0 Å². The van der Waals surface area contributed by atoms with Crippen molar-refractivity contribution in [1.29, 1.82) is 0 Å². The summed E-state index contributed by atoms with van der Waals surface area (Å²) in [4.78, 5) is 14.2. The predicted molar refractivity (Wildman–Crippen MR) is 66.7 cm³/mol. The number of amides is 1. The molecule has 4 heteroatoms. The highest BCUT2D eigenvalue weighted by molar-refractivity contribution is 5.77. The lowest BCUT2D eigenvalue weighted by Gasteiger charge is -2.37. The van der Waals surface area contributed by atoms with Crippen LogP contribution in [0.15, 0.2) is 0 Å². The number of nitrogens with one attached hydrogen (secondary N) is 1. The Morgan fingerprint density at radius 2 is 1.94 bits per heavy atom. The summed E-state index contributed by atoms with van der Waals surface area (Å²) in [6.45, 7) is 4.94. The highest BCUT2D eigenvalue weighted by Crippen LogP contribution is 2.35. The standard InChI is InChI=1S/C13H24N2O2/c1-9(2)14-6-5-13(17)15-10-3-4-11(15)8-12(16)7-10/h9-12,14,16H,3-8H2,1-2H3. The summed E-state index contributed by atoms with van der Waals surface area (Å²) in [6.07, 6.45) is 4.10. The van der Waals surface area contributed by atoms with Gasteiger partial charge in [-0.3, -0.25) is 4.79 Å². The fourth-order valence-electron chi connectivity index (χ4n) is 3.15. The highest BCUT2D eigenvalue weighted by atomic mass is 16.3. The normalized spacial score (nSPS) is 32.2. The van der Waals surface area contributed by atoms with E-state index in [-0.39, 0.29) is 12.0 Å². The van der Waals surface area contributed by atoms with Gasteiger partial charge in [0.15, 0.2) is 0 Å². The molecule has 0 aliphatic carbocycles. The molecule has 0 spiro atoms. The van der Waals surface area contributed by atoms with Crippen LogP contribution in [0, 0.1) is 0 Å². The Labute approximate surface area is 103 Å². The SMILES string of the molecule is CC(C)NCCC(=O)N1C2CCC1CC(O)C2. The van der Waals surface area contributed by atoms with E-state index in [0.717, 1.165) is 32.2 Å². The van der Waals surface area contributed by atoms with Crippen molar-refractivity contribution in [3.8, 4) is 0 Å². The van der Waals surface area contributed by atoms with Crippen molar-refractivity contribution in [1.82, 2.24) is 10.2 Å². The van der Waals surface area contributed by atoms with E-state index in [1.54, 1.807) is 0 Å². The van der Waals surface area contributed by atoms with Crippen LogP contribution in [0.5, 0.6) is 0 Å². The first-order chi connectivity index (χ1) is 8.08. The molecule has 0 aromatic heterocycles. The molecular formula is C13H24N2O2. The third kappa shape index (κ3) is 2.99. The van der Waals surface area contributed by atoms with Gasteiger partial charge in [0, 0.05) is 31.1 Å². The molecule has 2 fully saturated rings. The summed E-state index contributed by atoms with van der Waals surface area (Å²) in [5, 5.41) is 13.0. The molecule has 2 bridgehead atoms. The number of fused-ring (bicyclic) bond motifs is 2. The second kappa shape index (κ2) is 5.36. The average molecular weight is 240 g/mol. The molecule has 2 aliphatic heterocycles. The Bertz CT molecular complexity index is 267. The number of aliphatic hydroxyl groups is 1. The summed E-state index contributed by atoms with van der Waals surface area (Å²) < 4.78 is 0. The fraction of sp³-hybridized carbons (Fsp3) is 0.923. The minimum Gasteiger partial charge on any atom is -0.393 e. The molecule has 2 aliphatic rings. The second-order valence-corrected chi connectivity index (χ2v) is 5.67. The van der Waals surface area contributed by atoms with Gasteiger partial charge in [0.05, 0.1) is 6.10 Å². The molecule has 4 nitrogen and oxygen atoms in total. The Morgan fingerprint density at radius 1 is 1.35 bits per heavy atom. The minimum atomic E-state index is -0.190. The summed E-state index contributed by atoms with van der Waals surface area (Å²) in [7, 11) is 0. The number of aliphatic hydroxyl groups excluding tert-OH is 1. The van der Waals surface area contributed by atoms with E-state index in [0.29, 0.717) is 24.5 Å². The van der Waals surface area contributed by atoms with Crippen molar-refractivity contribution in [2.24, 2.45) is 0 Å². The molecule has 2 heterocycles. The van der Waals surface area contributed by atoms with Crippen LogP contribution in [0.3, 0.4) is 0 Å². The van der Waals surface area contributed by atoms with Crippen LogP contribution in [0.4, 0.5) is 0 Å². The van der Waals surface area contributed by atoms with Gasteiger partial charge in [-0.05, 0) is 25.7 Å². The maximum atomic E-state index is 12.2. The number of hydrogen-bond acceptors (Lipinski definition) is 3. The Morgan fingerprint density at radius 3 is 2.47 bits per heavy atom. The van der Waals surface area contributed by atoms with Gasteiger partial charge in [-0.1, -0.05) is 13.8 Å². The maximum absolute atomic E-state index is 12.2. The molecule has 2 rings (SSSR count). The molecule has 0 aromatic carbocycles. The van der Waals surface area contributed by atoms with E-state index in [2.05, 4.69) is 24.1 Å². The molecule has 0 radical (unpaired) electrons. The van der Waals surface area contributed by atoms with E-state index in [4.69, 9.17) is 0 Å². The van der Waals surface area contributed by atoms with E-state index in [1.807, 2.05) is 0 Å². The lowest BCUT2D eigenvalue weighted by atomic mass is 9.99. The quantitative estimate of drug-likeness (QED) is 0.767. The molecule has 17 heavy (non-hydrogen) atoms. The van der Waals surface area contributed by atoms with E-state index in [9.17, 15) is 9.90 Å². The maximum Gasteiger partial charge on any atom is 0.224 e. The van der Waals surface area contributed by atoms with Gasteiger partial charge in [-0.2, -0.15) is 0 Å². The van der Waals surface area contributed by atoms with E-state index in [1.165, 1.54) is 0 Å². The zero-order chi connectivity index (χ0) is 12.4. The molecule has 2 atom stereocenters. The van der Waals surface area contributed by atoms with Crippen molar-refractivity contribution in [3.05, 3.63) is 0 Å². The topological polar surface area (TPSA) is 52.6 Å². The monoisotopic (exact) mass is 240 g/mol. The summed E-state index contributed by atoms with van der Waals surface area (Å²) in [5.74, 6) is 0.262. The number of hydrogen-bond donors (Lipinski definition) is 2. The molecule has 1 amide bonds. The van der Waals surface area contributed by atoms with Crippen molar-refractivity contribution in [2.75, 3.05) is 6.54 Å². The minimum absolute atomic E-state index is 0.190. The van der Waals surface area contributed by atoms with Crippen molar-refractivity contribution < 1.29 is 9.90 Å². The predicted octanol–water partition coefficient (Wildman–Crippen LogP) is 0.889. The first kappa shape index (κ1) is 12.8. The average Bonchev–Trinajstić information content (AvgIpc) is 2.50. The first-order valence-corrected chi connectivity index (χ1v) is 6.80. The lowest BCUT2D eigenvalue weighted by molar-refractivity contribution is -0.137. The van der Waals surface area contributed by atoms with E-state index >= 15 is 0 Å². The van der Waals surface area contributed by atoms with Gasteiger partial charge in [0.1, 0.15) is 0 Å². The van der Waals surface area contributed by atoms with Crippen LogP contribution in [-0.4, -0.2) is 46.7 Å². The number of piperidine rings is 1. The Balaban J connectivity index is 1.84. The Kier molecular flexibility index (Phi) is 4.05. The van der Waals surface area contributed by atoms with Crippen molar-refractivity contribution in [3.63, 3.8) is 0 Å². The largest absolute Gasteiger partial charge is 0.393 e. The highest BCUT2D eigenvalue weighted by Gasteiger charge is 2.42. The zero-order valence-corrected chi connectivity index (χ0v) is 10.9. The fourth-order valence-corrected chi connectivity index (χ4v) is 3.15. The molecule has 0 aromatic rings. The van der Waals surface area contributed by atoms with Gasteiger partial charge in [0.25, 0.3) is 0 Å². The number of rotatable bonds is 4. The van der Waals surface area contributed by atoms with Gasteiger partial charge in [-0.15, -0.1) is 0 Å². The molecule has 2 unspecified atom stereocenters. The van der Waals surface area contributed by atoms with Crippen LogP contribution < -0.4 is 5.32 Å². The molecule has 2 N–H and O–H groups in total. The van der Waals surface area contributed by atoms with Gasteiger partial charge >= 0.3 is 0 Å².